The van der Waals surface area contributed by atoms with E-state index in [1.807, 2.05) is 11.3 Å². The number of aromatic nitrogens is 4. The molecule has 0 saturated carbocycles. The predicted octanol–water partition coefficient (Wildman–Crippen LogP) is 1.20. The van der Waals surface area contributed by atoms with Crippen molar-refractivity contribution in [3.8, 4) is 5.75 Å². The molecule has 1 atom stereocenters. The third-order valence-electron chi connectivity index (χ3n) is 5.26. The number of fused-ring (bicyclic) bond motifs is 2. The van der Waals surface area contributed by atoms with Crippen LogP contribution in [0.3, 0.4) is 0 Å². The van der Waals surface area contributed by atoms with Gasteiger partial charge in [-0.3, -0.25) is 9.20 Å². The molecule has 2 aromatic heterocycles. The lowest BCUT2D eigenvalue weighted by atomic mass is 10.2. The van der Waals surface area contributed by atoms with Gasteiger partial charge in [0.25, 0.3) is 5.91 Å². The first kappa shape index (κ1) is 18.2. The van der Waals surface area contributed by atoms with E-state index in [0.29, 0.717) is 42.4 Å². The summed E-state index contributed by atoms with van der Waals surface area (Å²) in [5, 5.41) is 13.7. The number of benzene rings is 1. The maximum absolute atomic E-state index is 12.9. The Morgan fingerprint density at radius 2 is 2.23 bits per heavy atom. The number of rotatable bonds is 2. The standard InChI is InChI=1S/C19H20N8O3/c1-12-9-25(7-8-27(12)17-18-24-21-11-26(18)6-5-20-17)19(29)23-14-4-2-3-13-16(14)30-10-15(28)22-13/h2-6,11-12H,7-10H2,1H3,(H,22,28)(H,23,29). The van der Waals surface area contributed by atoms with Crippen LogP contribution in [0.2, 0.25) is 0 Å². The molecule has 3 amide bonds. The fourth-order valence-electron chi connectivity index (χ4n) is 3.81. The number of carbonyl (C=O) groups is 2. The lowest BCUT2D eigenvalue weighted by Crippen LogP contribution is -2.55. The number of nitrogens with zero attached hydrogens (tertiary/aromatic N) is 6. The number of hydrogen-bond acceptors (Lipinski definition) is 7. The quantitative estimate of drug-likeness (QED) is 0.654. The third kappa shape index (κ3) is 3.13. The van der Waals surface area contributed by atoms with Crippen molar-refractivity contribution in [1.82, 2.24) is 24.5 Å². The van der Waals surface area contributed by atoms with Gasteiger partial charge in [-0.25, -0.2) is 9.78 Å². The zero-order chi connectivity index (χ0) is 20.7. The van der Waals surface area contributed by atoms with E-state index in [1.165, 1.54) is 0 Å². The fraction of sp³-hybridized carbons (Fsp3) is 0.316. The molecule has 4 heterocycles. The summed E-state index contributed by atoms with van der Waals surface area (Å²) in [6, 6.07) is 5.07. The average Bonchev–Trinajstić information content (AvgIpc) is 3.23. The minimum atomic E-state index is -0.218. The van der Waals surface area contributed by atoms with Crippen molar-refractivity contribution >= 4 is 34.8 Å². The van der Waals surface area contributed by atoms with Gasteiger partial charge in [0.2, 0.25) is 5.65 Å². The zero-order valence-electron chi connectivity index (χ0n) is 16.3. The second-order valence-corrected chi connectivity index (χ2v) is 7.25. The van der Waals surface area contributed by atoms with Gasteiger partial charge >= 0.3 is 6.03 Å². The minimum absolute atomic E-state index is 0.0418. The molecule has 0 radical (unpaired) electrons. The molecule has 1 aromatic carbocycles. The Hall–Kier alpha value is -3.89. The summed E-state index contributed by atoms with van der Waals surface area (Å²) in [7, 11) is 0. The average molecular weight is 408 g/mol. The second kappa shape index (κ2) is 7.17. The van der Waals surface area contributed by atoms with Gasteiger partial charge in [0.05, 0.1) is 11.4 Å². The summed E-state index contributed by atoms with van der Waals surface area (Å²) in [4.78, 5) is 32.8. The van der Waals surface area contributed by atoms with E-state index in [-0.39, 0.29) is 24.6 Å². The number of carbonyl (C=O) groups excluding carboxylic acids is 2. The molecule has 2 aliphatic rings. The third-order valence-corrected chi connectivity index (χ3v) is 5.26. The summed E-state index contributed by atoms with van der Waals surface area (Å²) in [5.41, 5.74) is 1.77. The molecule has 1 saturated heterocycles. The van der Waals surface area contributed by atoms with Crippen molar-refractivity contribution in [2.75, 3.05) is 41.8 Å². The largest absolute Gasteiger partial charge is 0.479 e. The monoisotopic (exact) mass is 408 g/mol. The number of hydrogen-bond donors (Lipinski definition) is 2. The smallest absolute Gasteiger partial charge is 0.322 e. The highest BCUT2D eigenvalue weighted by molar-refractivity contribution is 5.99. The lowest BCUT2D eigenvalue weighted by molar-refractivity contribution is -0.118. The number of para-hydroxylation sites is 1. The van der Waals surface area contributed by atoms with Gasteiger partial charge in [0.1, 0.15) is 6.33 Å². The highest BCUT2D eigenvalue weighted by atomic mass is 16.5. The molecule has 2 N–H and O–H groups in total. The molecule has 2 aliphatic heterocycles. The van der Waals surface area contributed by atoms with Gasteiger partial charge in [-0.15, -0.1) is 10.2 Å². The van der Waals surface area contributed by atoms with E-state index in [9.17, 15) is 9.59 Å². The van der Waals surface area contributed by atoms with Crippen LogP contribution in [-0.2, 0) is 4.79 Å². The van der Waals surface area contributed by atoms with Crippen molar-refractivity contribution in [2.45, 2.75) is 13.0 Å². The summed E-state index contributed by atoms with van der Waals surface area (Å²) in [6.07, 6.45) is 5.16. The van der Waals surface area contributed by atoms with E-state index < -0.39 is 0 Å². The molecular formula is C19H20N8O3. The van der Waals surface area contributed by atoms with Crippen molar-refractivity contribution in [3.63, 3.8) is 0 Å². The Morgan fingerprint density at radius 3 is 3.10 bits per heavy atom. The van der Waals surface area contributed by atoms with Crippen molar-refractivity contribution < 1.29 is 14.3 Å². The normalized spacial score (nSPS) is 18.6. The van der Waals surface area contributed by atoms with Gasteiger partial charge in [-0.05, 0) is 19.1 Å². The van der Waals surface area contributed by atoms with Crippen molar-refractivity contribution in [2.24, 2.45) is 0 Å². The van der Waals surface area contributed by atoms with Crippen LogP contribution in [0.25, 0.3) is 5.65 Å². The van der Waals surface area contributed by atoms with Gasteiger partial charge in [-0.1, -0.05) is 6.07 Å². The zero-order valence-corrected chi connectivity index (χ0v) is 16.3. The number of amides is 3. The highest BCUT2D eigenvalue weighted by Gasteiger charge is 2.30. The van der Waals surface area contributed by atoms with Crippen LogP contribution < -0.4 is 20.3 Å². The summed E-state index contributed by atoms with van der Waals surface area (Å²) < 4.78 is 7.33. The number of urea groups is 1. The molecule has 0 spiro atoms. The maximum atomic E-state index is 12.9. The van der Waals surface area contributed by atoms with Crippen LogP contribution in [-0.4, -0.2) is 68.7 Å². The van der Waals surface area contributed by atoms with Gasteiger partial charge in [0, 0.05) is 38.1 Å². The molecular weight excluding hydrogens is 388 g/mol. The maximum Gasteiger partial charge on any atom is 0.322 e. The molecule has 1 unspecified atom stereocenters. The minimum Gasteiger partial charge on any atom is -0.479 e. The lowest BCUT2D eigenvalue weighted by Gasteiger charge is -2.40. The number of ether oxygens (including phenoxy) is 1. The van der Waals surface area contributed by atoms with E-state index in [0.717, 1.165) is 5.82 Å². The predicted molar refractivity (Wildman–Crippen MR) is 109 cm³/mol. The van der Waals surface area contributed by atoms with Crippen LogP contribution in [0.4, 0.5) is 22.0 Å². The number of nitrogens with one attached hydrogen (secondary N) is 2. The van der Waals surface area contributed by atoms with Gasteiger partial charge in [0.15, 0.2) is 18.2 Å². The van der Waals surface area contributed by atoms with Crippen LogP contribution >= 0.6 is 0 Å². The van der Waals surface area contributed by atoms with Crippen LogP contribution in [0.1, 0.15) is 6.92 Å². The van der Waals surface area contributed by atoms with E-state index in [2.05, 4.69) is 30.7 Å². The molecule has 0 aliphatic carbocycles. The van der Waals surface area contributed by atoms with Crippen LogP contribution in [0.5, 0.6) is 5.75 Å². The topological polar surface area (TPSA) is 117 Å². The Bertz CT molecular complexity index is 1130. The SMILES string of the molecule is CC1CN(C(=O)Nc2cccc3c2OCC(=O)N3)CCN1c1nccn2cnnc12. The fourth-order valence-corrected chi connectivity index (χ4v) is 3.81. The first-order chi connectivity index (χ1) is 14.6. The molecule has 30 heavy (non-hydrogen) atoms. The van der Waals surface area contributed by atoms with Gasteiger partial charge < -0.3 is 25.2 Å². The Kier molecular flexibility index (Phi) is 4.34. The second-order valence-electron chi connectivity index (χ2n) is 7.25. The molecule has 1 fully saturated rings. The Labute approximate surface area is 171 Å². The molecule has 3 aromatic rings. The highest BCUT2D eigenvalue weighted by Crippen LogP contribution is 2.35. The van der Waals surface area contributed by atoms with Crippen molar-refractivity contribution in [1.29, 1.82) is 0 Å². The number of piperazine rings is 1. The summed E-state index contributed by atoms with van der Waals surface area (Å²) in [6.45, 7) is 3.64. The first-order valence-corrected chi connectivity index (χ1v) is 9.63. The molecule has 5 rings (SSSR count). The van der Waals surface area contributed by atoms with E-state index in [1.54, 1.807) is 41.8 Å². The molecule has 0 bridgehead atoms. The first-order valence-electron chi connectivity index (χ1n) is 9.63. The summed E-state index contributed by atoms with van der Waals surface area (Å²) >= 11 is 0. The molecule has 11 nitrogen and oxygen atoms in total. The van der Waals surface area contributed by atoms with Crippen LogP contribution in [0, 0.1) is 0 Å². The Balaban J connectivity index is 1.30. The van der Waals surface area contributed by atoms with Gasteiger partial charge in [-0.2, -0.15) is 0 Å². The van der Waals surface area contributed by atoms with Crippen LogP contribution in [0.15, 0.2) is 36.9 Å². The number of anilines is 3. The molecule has 154 valence electrons. The van der Waals surface area contributed by atoms with E-state index >= 15 is 0 Å². The summed E-state index contributed by atoms with van der Waals surface area (Å²) in [5.74, 6) is 1.01. The molecule has 11 heteroatoms. The Morgan fingerprint density at radius 1 is 1.33 bits per heavy atom. The van der Waals surface area contributed by atoms with E-state index in [4.69, 9.17) is 4.74 Å². The van der Waals surface area contributed by atoms with Crippen molar-refractivity contribution in [3.05, 3.63) is 36.9 Å².